The van der Waals surface area contributed by atoms with E-state index < -0.39 is 5.97 Å². The second kappa shape index (κ2) is 6.67. The Hall–Kier alpha value is -1.85. The molecule has 0 aromatic carbocycles. The quantitative estimate of drug-likeness (QED) is 0.702. The highest BCUT2D eigenvalue weighted by molar-refractivity contribution is 5.66. The number of carboxylic acids is 1. The predicted molar refractivity (Wildman–Crippen MR) is 63.2 cm³/mol. The molecule has 0 atom stereocenters. The van der Waals surface area contributed by atoms with E-state index in [4.69, 9.17) is 9.84 Å². The summed E-state index contributed by atoms with van der Waals surface area (Å²) in [5.41, 5.74) is 0. The molecule has 2 N–H and O–H groups in total. The molecule has 17 heavy (non-hydrogen) atoms. The number of aromatic nitrogens is 2. The van der Waals surface area contributed by atoms with E-state index in [2.05, 4.69) is 15.3 Å². The molecule has 0 saturated heterocycles. The van der Waals surface area contributed by atoms with Crippen molar-refractivity contribution in [3.05, 3.63) is 12.4 Å². The topological polar surface area (TPSA) is 84.3 Å². The average Bonchev–Trinajstić information content (AvgIpc) is 2.24. The van der Waals surface area contributed by atoms with E-state index in [9.17, 15) is 4.79 Å². The molecule has 6 nitrogen and oxygen atoms in total. The fourth-order valence-corrected chi connectivity index (χ4v) is 1.19. The lowest BCUT2D eigenvalue weighted by atomic mass is 10.3. The Morgan fingerprint density at radius 2 is 2.29 bits per heavy atom. The van der Waals surface area contributed by atoms with Crippen molar-refractivity contribution in [1.29, 1.82) is 0 Å². The molecule has 0 aliphatic heterocycles. The van der Waals surface area contributed by atoms with Gasteiger partial charge in [-0.25, -0.2) is 0 Å². The van der Waals surface area contributed by atoms with Gasteiger partial charge in [-0.3, -0.25) is 9.78 Å². The number of hydrogen-bond acceptors (Lipinski definition) is 5. The molecule has 0 bridgehead atoms. The predicted octanol–water partition coefficient (Wildman–Crippen LogP) is 1.54. The Kier molecular flexibility index (Phi) is 5.19. The van der Waals surface area contributed by atoms with Crippen LogP contribution in [0, 0.1) is 0 Å². The number of ether oxygens (including phenoxy) is 1. The molecule has 0 aliphatic carbocycles. The number of carbonyl (C=O) groups is 1. The highest BCUT2D eigenvalue weighted by atomic mass is 16.5. The third-order valence-electron chi connectivity index (χ3n) is 1.84. The van der Waals surface area contributed by atoms with Crippen molar-refractivity contribution in [2.45, 2.75) is 32.8 Å². The number of rotatable bonds is 7. The van der Waals surface area contributed by atoms with Crippen molar-refractivity contribution in [3.63, 3.8) is 0 Å². The number of nitrogens with one attached hydrogen (secondary N) is 1. The molecule has 0 fully saturated rings. The molecule has 0 aliphatic rings. The number of anilines is 1. The van der Waals surface area contributed by atoms with E-state index >= 15 is 0 Å². The summed E-state index contributed by atoms with van der Waals surface area (Å²) in [7, 11) is 0. The van der Waals surface area contributed by atoms with Gasteiger partial charge in [0.1, 0.15) is 5.82 Å². The Morgan fingerprint density at radius 3 is 2.94 bits per heavy atom. The molecule has 94 valence electrons. The minimum atomic E-state index is -0.797. The molecule has 1 aromatic rings. The number of carboxylic acid groups (broad SMARTS) is 1. The maximum atomic E-state index is 10.3. The van der Waals surface area contributed by atoms with Crippen LogP contribution in [0.5, 0.6) is 5.88 Å². The third kappa shape index (κ3) is 5.70. The van der Waals surface area contributed by atoms with Crippen molar-refractivity contribution in [2.75, 3.05) is 11.9 Å². The van der Waals surface area contributed by atoms with Gasteiger partial charge in [0.25, 0.3) is 0 Å². The summed E-state index contributed by atoms with van der Waals surface area (Å²) in [6, 6.07) is 0. The van der Waals surface area contributed by atoms with Crippen molar-refractivity contribution < 1.29 is 14.6 Å². The third-order valence-corrected chi connectivity index (χ3v) is 1.84. The maximum Gasteiger partial charge on any atom is 0.303 e. The molecule has 1 heterocycles. The van der Waals surface area contributed by atoms with Gasteiger partial charge in [0.05, 0.1) is 18.5 Å². The Morgan fingerprint density at radius 1 is 1.53 bits per heavy atom. The van der Waals surface area contributed by atoms with Crippen molar-refractivity contribution >= 4 is 11.8 Å². The first-order valence-electron chi connectivity index (χ1n) is 5.52. The Labute approximate surface area is 100 Å². The molecule has 1 aromatic heterocycles. The second-order valence-electron chi connectivity index (χ2n) is 3.83. The maximum absolute atomic E-state index is 10.3. The van der Waals surface area contributed by atoms with Crippen molar-refractivity contribution in [1.82, 2.24) is 9.97 Å². The fraction of sp³-hybridized carbons (Fsp3) is 0.545. The van der Waals surface area contributed by atoms with Gasteiger partial charge in [0.15, 0.2) is 0 Å². The summed E-state index contributed by atoms with van der Waals surface area (Å²) < 4.78 is 5.39. The normalized spacial score (nSPS) is 10.3. The van der Waals surface area contributed by atoms with Gasteiger partial charge in [-0.1, -0.05) is 0 Å². The highest BCUT2D eigenvalue weighted by Gasteiger charge is 2.02. The first-order valence-corrected chi connectivity index (χ1v) is 5.52. The standard InChI is InChI=1S/C11H17N3O3/c1-8(2)17-10-7-12-6-9(14-10)13-5-3-4-11(15)16/h6-8H,3-5H2,1-2H3,(H,13,14)(H,15,16). The van der Waals surface area contributed by atoms with Gasteiger partial charge in [-0.05, 0) is 20.3 Å². The number of aliphatic carboxylic acids is 1. The monoisotopic (exact) mass is 239 g/mol. The molecule has 1 rings (SSSR count). The van der Waals surface area contributed by atoms with Crippen LogP contribution in [0.2, 0.25) is 0 Å². The summed E-state index contributed by atoms with van der Waals surface area (Å²) in [6.45, 7) is 4.37. The second-order valence-corrected chi connectivity index (χ2v) is 3.83. The summed E-state index contributed by atoms with van der Waals surface area (Å²) in [4.78, 5) is 18.5. The molecular formula is C11H17N3O3. The zero-order chi connectivity index (χ0) is 12.7. The van der Waals surface area contributed by atoms with Crippen molar-refractivity contribution in [3.8, 4) is 5.88 Å². The zero-order valence-corrected chi connectivity index (χ0v) is 10.0. The smallest absolute Gasteiger partial charge is 0.303 e. The van der Waals surface area contributed by atoms with Gasteiger partial charge < -0.3 is 15.2 Å². The SMILES string of the molecule is CC(C)Oc1cncc(NCCCC(=O)O)n1. The van der Waals surface area contributed by atoms with Crippen LogP contribution in [0.25, 0.3) is 0 Å². The summed E-state index contributed by atoms with van der Waals surface area (Å²) >= 11 is 0. The first kappa shape index (κ1) is 13.2. The van der Waals surface area contributed by atoms with E-state index in [-0.39, 0.29) is 12.5 Å². The van der Waals surface area contributed by atoms with Crippen LogP contribution in [0.4, 0.5) is 5.82 Å². The van der Waals surface area contributed by atoms with Crippen LogP contribution in [0.1, 0.15) is 26.7 Å². The minimum Gasteiger partial charge on any atom is -0.481 e. The van der Waals surface area contributed by atoms with Crippen LogP contribution in [-0.4, -0.2) is 33.7 Å². The van der Waals surface area contributed by atoms with E-state index in [1.807, 2.05) is 13.8 Å². The van der Waals surface area contributed by atoms with Crippen molar-refractivity contribution in [2.24, 2.45) is 0 Å². The van der Waals surface area contributed by atoms with Crippen LogP contribution in [0.3, 0.4) is 0 Å². The molecule has 0 saturated carbocycles. The van der Waals surface area contributed by atoms with Gasteiger partial charge in [0.2, 0.25) is 5.88 Å². The fourth-order valence-electron chi connectivity index (χ4n) is 1.19. The van der Waals surface area contributed by atoms with E-state index in [0.29, 0.717) is 24.7 Å². The largest absolute Gasteiger partial charge is 0.481 e. The van der Waals surface area contributed by atoms with Crippen LogP contribution >= 0.6 is 0 Å². The zero-order valence-electron chi connectivity index (χ0n) is 10.0. The summed E-state index contributed by atoms with van der Waals surface area (Å²) in [5.74, 6) is 0.256. The highest BCUT2D eigenvalue weighted by Crippen LogP contribution is 2.10. The van der Waals surface area contributed by atoms with E-state index in [0.717, 1.165) is 0 Å². The molecule has 0 amide bonds. The van der Waals surface area contributed by atoms with Gasteiger partial charge >= 0.3 is 5.97 Å². The summed E-state index contributed by atoms with van der Waals surface area (Å²) in [6.07, 6.45) is 3.86. The van der Waals surface area contributed by atoms with Gasteiger partial charge in [-0.2, -0.15) is 4.98 Å². The first-order chi connectivity index (χ1) is 8.08. The van der Waals surface area contributed by atoms with Gasteiger partial charge in [-0.15, -0.1) is 0 Å². The molecule has 0 spiro atoms. The lowest BCUT2D eigenvalue weighted by Crippen LogP contribution is -2.10. The van der Waals surface area contributed by atoms with Crippen LogP contribution in [-0.2, 0) is 4.79 Å². The number of hydrogen-bond donors (Lipinski definition) is 2. The van der Waals surface area contributed by atoms with Crippen LogP contribution < -0.4 is 10.1 Å². The van der Waals surface area contributed by atoms with E-state index in [1.165, 1.54) is 0 Å². The average molecular weight is 239 g/mol. The number of nitrogens with zero attached hydrogens (tertiary/aromatic N) is 2. The van der Waals surface area contributed by atoms with Crippen LogP contribution in [0.15, 0.2) is 12.4 Å². The molecular weight excluding hydrogens is 222 g/mol. The lowest BCUT2D eigenvalue weighted by Gasteiger charge is -2.09. The Balaban J connectivity index is 2.40. The molecule has 0 radical (unpaired) electrons. The lowest BCUT2D eigenvalue weighted by molar-refractivity contribution is -0.137. The summed E-state index contributed by atoms with van der Waals surface area (Å²) in [5, 5.41) is 11.5. The molecule has 0 unspecified atom stereocenters. The molecule has 6 heteroatoms. The minimum absolute atomic E-state index is 0.0477. The van der Waals surface area contributed by atoms with Gasteiger partial charge in [0, 0.05) is 13.0 Å². The Bertz CT molecular complexity index is 369. The van der Waals surface area contributed by atoms with E-state index in [1.54, 1.807) is 12.4 Å².